The van der Waals surface area contributed by atoms with E-state index in [1.54, 1.807) is 0 Å². The summed E-state index contributed by atoms with van der Waals surface area (Å²) in [5.74, 6) is 1.19. The molecule has 0 saturated carbocycles. The molecule has 0 bridgehead atoms. The molecule has 0 aliphatic carbocycles. The second-order valence-electron chi connectivity index (χ2n) is 8.59. The highest BCUT2D eigenvalue weighted by Gasteiger charge is 2.39. The van der Waals surface area contributed by atoms with Crippen molar-refractivity contribution in [3.05, 3.63) is 0 Å². The topological polar surface area (TPSA) is 27.7 Å². The SMILES string of the molecule is CCCCCCCCCCO[Si](CCCSC[Si](C)(C)C)(OCC)OCC. The molecule has 0 aliphatic rings. The van der Waals surface area contributed by atoms with Gasteiger partial charge in [-0.2, -0.15) is 11.8 Å². The lowest BCUT2D eigenvalue weighted by Crippen LogP contribution is -2.46. The molecule has 3 nitrogen and oxygen atoms in total. The first-order chi connectivity index (χ1) is 12.9. The molecule has 0 fully saturated rings. The average molecular weight is 437 g/mol. The summed E-state index contributed by atoms with van der Waals surface area (Å²) >= 11 is 2.10. The molecule has 0 saturated heterocycles. The minimum atomic E-state index is -2.48. The van der Waals surface area contributed by atoms with Gasteiger partial charge in [-0.3, -0.25) is 0 Å². The molecule has 164 valence electrons. The van der Waals surface area contributed by atoms with Gasteiger partial charge < -0.3 is 13.3 Å². The molecule has 0 heterocycles. The van der Waals surface area contributed by atoms with E-state index in [2.05, 4.69) is 52.2 Å². The zero-order valence-corrected chi connectivity index (χ0v) is 22.1. The van der Waals surface area contributed by atoms with E-state index in [-0.39, 0.29) is 0 Å². The highest BCUT2D eigenvalue weighted by atomic mass is 32.2. The van der Waals surface area contributed by atoms with E-state index >= 15 is 0 Å². The molecule has 0 amide bonds. The summed E-state index contributed by atoms with van der Waals surface area (Å²) in [5.41, 5.74) is 0. The molecule has 0 aromatic heterocycles. The molecule has 6 heteroatoms. The van der Waals surface area contributed by atoms with Crippen LogP contribution in [0.3, 0.4) is 0 Å². The lowest BCUT2D eigenvalue weighted by atomic mass is 10.1. The van der Waals surface area contributed by atoms with E-state index < -0.39 is 16.9 Å². The van der Waals surface area contributed by atoms with Crippen molar-refractivity contribution in [2.45, 2.75) is 104 Å². The Morgan fingerprint density at radius 2 is 1.22 bits per heavy atom. The first kappa shape index (κ1) is 27.7. The van der Waals surface area contributed by atoms with Crippen molar-refractivity contribution in [3.8, 4) is 0 Å². The van der Waals surface area contributed by atoms with Crippen LogP contribution in [0.25, 0.3) is 0 Å². The minimum Gasteiger partial charge on any atom is -0.374 e. The van der Waals surface area contributed by atoms with Crippen LogP contribution >= 0.6 is 11.8 Å². The van der Waals surface area contributed by atoms with Gasteiger partial charge >= 0.3 is 8.80 Å². The smallest absolute Gasteiger partial charge is 0.374 e. The van der Waals surface area contributed by atoms with Gasteiger partial charge in [-0.15, -0.1) is 0 Å². The Hall–Kier alpha value is 0.664. The third-order valence-electron chi connectivity index (χ3n) is 4.36. The van der Waals surface area contributed by atoms with Gasteiger partial charge in [0.05, 0.1) is 8.07 Å². The Labute approximate surface area is 177 Å². The summed E-state index contributed by atoms with van der Waals surface area (Å²) in [6.45, 7) is 15.9. The van der Waals surface area contributed by atoms with Crippen molar-refractivity contribution < 1.29 is 13.3 Å². The summed E-state index contributed by atoms with van der Waals surface area (Å²) in [7, 11) is -3.43. The maximum atomic E-state index is 6.30. The number of hydrogen-bond acceptors (Lipinski definition) is 4. The Morgan fingerprint density at radius 3 is 1.74 bits per heavy atom. The minimum absolute atomic E-state index is 0.686. The fourth-order valence-electron chi connectivity index (χ4n) is 3.01. The Kier molecular flexibility index (Phi) is 17.9. The van der Waals surface area contributed by atoms with E-state index in [0.29, 0.717) is 13.2 Å². The van der Waals surface area contributed by atoms with Crippen molar-refractivity contribution in [2.75, 3.05) is 30.9 Å². The molecule has 0 rings (SSSR count). The predicted octanol–water partition coefficient (Wildman–Crippen LogP) is 7.16. The van der Waals surface area contributed by atoms with Gasteiger partial charge in [0.1, 0.15) is 0 Å². The lowest BCUT2D eigenvalue weighted by molar-refractivity contribution is 0.0655. The zero-order valence-electron chi connectivity index (χ0n) is 19.2. The van der Waals surface area contributed by atoms with Crippen LogP contribution in [0.2, 0.25) is 25.7 Å². The zero-order chi connectivity index (χ0) is 20.4. The maximum Gasteiger partial charge on any atom is 0.500 e. The van der Waals surface area contributed by atoms with Gasteiger partial charge in [-0.05, 0) is 37.8 Å². The Balaban J connectivity index is 4.10. The molecule has 0 radical (unpaired) electrons. The second-order valence-corrected chi connectivity index (χ2v) is 18.4. The van der Waals surface area contributed by atoms with E-state index in [9.17, 15) is 0 Å². The van der Waals surface area contributed by atoms with Crippen LogP contribution in [-0.2, 0) is 13.3 Å². The number of unbranched alkanes of at least 4 members (excludes halogenated alkanes) is 7. The van der Waals surface area contributed by atoms with Crippen molar-refractivity contribution in [1.29, 1.82) is 0 Å². The first-order valence-electron chi connectivity index (χ1n) is 11.4. The van der Waals surface area contributed by atoms with E-state index in [4.69, 9.17) is 13.3 Å². The molecule has 0 aromatic rings. The van der Waals surface area contributed by atoms with Gasteiger partial charge in [-0.25, -0.2) is 0 Å². The van der Waals surface area contributed by atoms with Crippen molar-refractivity contribution in [1.82, 2.24) is 0 Å². The van der Waals surface area contributed by atoms with Gasteiger partial charge in [0.25, 0.3) is 0 Å². The normalized spacial score (nSPS) is 12.7. The standard InChI is InChI=1S/C21H48O3SSi2/c1-7-10-11-12-13-14-15-16-18-24-27(22-8-2,23-9-3)20-17-19-25-21-26(4,5)6/h7-21H2,1-6H3. The Morgan fingerprint density at radius 1 is 0.667 bits per heavy atom. The number of hydrogen-bond donors (Lipinski definition) is 0. The highest BCUT2D eigenvalue weighted by Crippen LogP contribution is 2.22. The van der Waals surface area contributed by atoms with Crippen molar-refractivity contribution in [3.63, 3.8) is 0 Å². The number of thioether (sulfide) groups is 1. The third-order valence-corrected chi connectivity index (χ3v) is 12.3. The van der Waals surface area contributed by atoms with E-state index in [0.717, 1.165) is 25.5 Å². The van der Waals surface area contributed by atoms with Gasteiger partial charge in [-0.1, -0.05) is 71.5 Å². The van der Waals surface area contributed by atoms with Crippen LogP contribution in [0.5, 0.6) is 0 Å². The van der Waals surface area contributed by atoms with Gasteiger partial charge in [0.2, 0.25) is 0 Å². The maximum absolute atomic E-state index is 6.30. The Bertz CT molecular complexity index is 319. The van der Waals surface area contributed by atoms with Gasteiger partial charge in [0, 0.05) is 25.9 Å². The predicted molar refractivity (Wildman–Crippen MR) is 128 cm³/mol. The van der Waals surface area contributed by atoms with Crippen LogP contribution in [-0.4, -0.2) is 47.8 Å². The second kappa shape index (κ2) is 17.5. The highest BCUT2D eigenvalue weighted by molar-refractivity contribution is 8.00. The number of rotatable bonds is 20. The quantitative estimate of drug-likeness (QED) is 0.149. The molecule has 0 spiro atoms. The summed E-state index contributed by atoms with van der Waals surface area (Å²) in [6, 6.07) is 0.963. The molecule has 0 aromatic carbocycles. The summed E-state index contributed by atoms with van der Waals surface area (Å²) in [5, 5.41) is 1.34. The summed E-state index contributed by atoms with van der Waals surface area (Å²) in [6.07, 6.45) is 11.7. The first-order valence-corrected chi connectivity index (χ1v) is 18.2. The van der Waals surface area contributed by atoms with Crippen LogP contribution in [0.1, 0.15) is 78.6 Å². The fraction of sp³-hybridized carbons (Fsp3) is 1.00. The lowest BCUT2D eigenvalue weighted by Gasteiger charge is -2.29. The van der Waals surface area contributed by atoms with Crippen LogP contribution in [0.15, 0.2) is 0 Å². The van der Waals surface area contributed by atoms with Crippen molar-refractivity contribution in [2.24, 2.45) is 0 Å². The molecule has 27 heavy (non-hydrogen) atoms. The summed E-state index contributed by atoms with van der Waals surface area (Å²) < 4.78 is 18.5. The molecular weight excluding hydrogens is 388 g/mol. The molecule has 0 unspecified atom stereocenters. The third kappa shape index (κ3) is 17.3. The van der Waals surface area contributed by atoms with Crippen LogP contribution in [0, 0.1) is 0 Å². The molecular formula is C21H48O3SSi2. The van der Waals surface area contributed by atoms with Crippen molar-refractivity contribution >= 4 is 28.6 Å². The molecule has 0 N–H and O–H groups in total. The largest absolute Gasteiger partial charge is 0.500 e. The summed E-state index contributed by atoms with van der Waals surface area (Å²) in [4.78, 5) is 0. The van der Waals surface area contributed by atoms with Gasteiger partial charge in [0.15, 0.2) is 0 Å². The van der Waals surface area contributed by atoms with E-state index in [1.807, 2.05) is 0 Å². The van der Waals surface area contributed by atoms with Crippen LogP contribution in [0.4, 0.5) is 0 Å². The monoisotopic (exact) mass is 436 g/mol. The molecule has 0 atom stereocenters. The average Bonchev–Trinajstić information content (AvgIpc) is 2.59. The van der Waals surface area contributed by atoms with E-state index in [1.165, 1.54) is 56.1 Å². The van der Waals surface area contributed by atoms with Crippen LogP contribution < -0.4 is 0 Å². The molecule has 0 aliphatic heterocycles. The fourth-order valence-corrected chi connectivity index (χ4v) is 9.27.